The first-order valence-corrected chi connectivity index (χ1v) is 16.8. The van der Waals surface area contributed by atoms with Crippen LogP contribution >= 0.6 is 0 Å². The maximum Gasteiger partial charge on any atom is 0.410 e. The number of nitrogens with zero attached hydrogens (tertiary/aromatic N) is 5. The van der Waals surface area contributed by atoms with E-state index in [4.69, 9.17) is 9.72 Å². The lowest BCUT2D eigenvalue weighted by atomic mass is 9.92. The summed E-state index contributed by atoms with van der Waals surface area (Å²) < 4.78 is 6.13. The van der Waals surface area contributed by atoms with Crippen molar-refractivity contribution in [2.45, 2.75) is 76.4 Å². The molecule has 236 valence electrons. The highest BCUT2D eigenvalue weighted by atomic mass is 16.6. The maximum atomic E-state index is 14.0. The Kier molecular flexibility index (Phi) is 8.70. The molecule has 0 spiro atoms. The summed E-state index contributed by atoms with van der Waals surface area (Å²) in [6.07, 6.45) is 10.3. The number of likely N-dealkylation sites (tertiary alicyclic amines) is 3. The summed E-state index contributed by atoms with van der Waals surface area (Å²) in [4.78, 5) is 38.7. The SMILES string of the molecule is Cc1cc(C[C@@H](OC(=O)N2CCC(c3cc4ccccc4cn3)CC2)C(=O)N2CCC(N3CCCCC3)CC2)cc2cn[nH]c12. The lowest BCUT2D eigenvalue weighted by Crippen LogP contribution is -2.52. The summed E-state index contributed by atoms with van der Waals surface area (Å²) in [6, 6.07) is 15.1. The monoisotopic (exact) mass is 608 g/mol. The van der Waals surface area contributed by atoms with Crippen LogP contribution in [-0.2, 0) is 16.0 Å². The Morgan fingerprint density at radius 1 is 0.867 bits per heavy atom. The van der Waals surface area contributed by atoms with Crippen LogP contribution < -0.4 is 0 Å². The average Bonchev–Trinajstić information content (AvgIpc) is 3.57. The molecule has 2 amide bonds. The van der Waals surface area contributed by atoms with E-state index in [-0.39, 0.29) is 5.91 Å². The van der Waals surface area contributed by atoms with E-state index in [0.29, 0.717) is 44.6 Å². The minimum Gasteiger partial charge on any atom is -0.436 e. The first-order valence-electron chi connectivity index (χ1n) is 16.8. The molecule has 3 saturated heterocycles. The second-order valence-electron chi connectivity index (χ2n) is 13.2. The van der Waals surface area contributed by atoms with Crippen molar-refractivity contribution in [1.82, 2.24) is 29.9 Å². The number of pyridine rings is 1. The normalized spacial score (nSPS) is 19.7. The fourth-order valence-electron chi connectivity index (χ4n) is 7.64. The van der Waals surface area contributed by atoms with Crippen LogP contribution in [0.3, 0.4) is 0 Å². The van der Waals surface area contributed by atoms with Crippen molar-refractivity contribution in [2.75, 3.05) is 39.3 Å². The van der Waals surface area contributed by atoms with Gasteiger partial charge in [0.05, 0.1) is 11.7 Å². The lowest BCUT2D eigenvalue weighted by molar-refractivity contribution is -0.142. The molecule has 3 aliphatic rings. The molecule has 1 N–H and O–H groups in total. The van der Waals surface area contributed by atoms with Gasteiger partial charge < -0.3 is 19.4 Å². The number of ether oxygens (including phenoxy) is 1. The van der Waals surface area contributed by atoms with Crippen LogP contribution in [0, 0.1) is 6.92 Å². The number of aryl methyl sites for hydroxylation is 1. The number of piperidine rings is 3. The van der Waals surface area contributed by atoms with Crippen LogP contribution in [-0.4, -0.2) is 93.3 Å². The van der Waals surface area contributed by atoms with Crippen molar-refractivity contribution in [3.05, 3.63) is 71.7 Å². The number of aromatic amines is 1. The molecule has 2 aromatic carbocycles. The van der Waals surface area contributed by atoms with Gasteiger partial charge in [-0.3, -0.25) is 14.9 Å². The highest BCUT2D eigenvalue weighted by Crippen LogP contribution is 2.30. The van der Waals surface area contributed by atoms with Gasteiger partial charge in [0, 0.05) is 67.2 Å². The largest absolute Gasteiger partial charge is 0.436 e. The number of nitrogens with one attached hydrogen (secondary N) is 1. The molecule has 1 atom stereocenters. The summed E-state index contributed by atoms with van der Waals surface area (Å²) in [7, 11) is 0. The third-order valence-corrected chi connectivity index (χ3v) is 10.3. The molecule has 9 heteroatoms. The number of H-pyrrole nitrogens is 1. The van der Waals surface area contributed by atoms with Gasteiger partial charge in [-0.2, -0.15) is 5.10 Å². The average molecular weight is 609 g/mol. The van der Waals surface area contributed by atoms with Crippen LogP contribution in [0.4, 0.5) is 4.79 Å². The molecule has 5 heterocycles. The highest BCUT2D eigenvalue weighted by molar-refractivity contribution is 5.85. The van der Waals surface area contributed by atoms with Crippen LogP contribution in [0.1, 0.15) is 67.7 Å². The Labute approximate surface area is 264 Å². The Bertz CT molecular complexity index is 1650. The molecular weight excluding hydrogens is 564 g/mol. The van der Waals surface area contributed by atoms with Crippen molar-refractivity contribution in [2.24, 2.45) is 0 Å². The molecule has 0 saturated carbocycles. The Hall–Kier alpha value is -3.98. The van der Waals surface area contributed by atoms with E-state index in [9.17, 15) is 9.59 Å². The number of carbonyl (C=O) groups excluding carboxylic acids is 2. The first kappa shape index (κ1) is 29.7. The minimum absolute atomic E-state index is 0.0827. The number of carbonyl (C=O) groups is 2. The summed E-state index contributed by atoms with van der Waals surface area (Å²) >= 11 is 0. The highest BCUT2D eigenvalue weighted by Gasteiger charge is 2.35. The van der Waals surface area contributed by atoms with Gasteiger partial charge in [-0.05, 0) is 87.2 Å². The van der Waals surface area contributed by atoms with Gasteiger partial charge in [0.15, 0.2) is 6.10 Å². The van der Waals surface area contributed by atoms with E-state index in [1.54, 1.807) is 11.1 Å². The fraction of sp³-hybridized carbons (Fsp3) is 0.500. The standard InChI is InChI=1S/C36H44N6O3/c1-25-19-26(20-30-24-38-39-34(25)30)21-33(35(43)41-17-11-31(12-18-41)40-13-5-2-6-14-40)45-36(44)42-15-9-27(10-16-42)32-22-28-7-3-4-8-29(28)23-37-32/h3-4,7-8,19-20,22-24,27,31,33H,2,5-6,9-18,21H2,1H3,(H,38,39)/t33-/m1/s1. The summed E-state index contributed by atoms with van der Waals surface area (Å²) in [5, 5.41) is 10.6. The van der Waals surface area contributed by atoms with Crippen molar-refractivity contribution in [3.63, 3.8) is 0 Å². The number of benzene rings is 2. The van der Waals surface area contributed by atoms with Crippen LogP contribution in [0.5, 0.6) is 0 Å². The molecule has 0 radical (unpaired) electrons. The topological polar surface area (TPSA) is 94.7 Å². The smallest absolute Gasteiger partial charge is 0.410 e. The summed E-state index contributed by atoms with van der Waals surface area (Å²) in [5.41, 5.74) is 4.09. The predicted octanol–water partition coefficient (Wildman–Crippen LogP) is 5.82. The second kappa shape index (κ2) is 13.2. The number of aromatic nitrogens is 3. The van der Waals surface area contributed by atoms with E-state index >= 15 is 0 Å². The van der Waals surface area contributed by atoms with Gasteiger partial charge in [-0.15, -0.1) is 0 Å². The molecule has 3 aliphatic heterocycles. The Balaban J connectivity index is 1.02. The molecule has 4 aromatic rings. The van der Waals surface area contributed by atoms with Crippen molar-refractivity contribution < 1.29 is 14.3 Å². The molecule has 0 aliphatic carbocycles. The Morgan fingerprint density at radius 2 is 1.60 bits per heavy atom. The van der Waals surface area contributed by atoms with Gasteiger partial charge >= 0.3 is 6.09 Å². The number of amides is 2. The minimum atomic E-state index is -0.868. The maximum absolute atomic E-state index is 14.0. The molecule has 2 aromatic heterocycles. The van der Waals surface area contributed by atoms with Gasteiger partial charge in [0.2, 0.25) is 0 Å². The van der Waals surface area contributed by atoms with Gasteiger partial charge in [0.1, 0.15) is 0 Å². The zero-order valence-electron chi connectivity index (χ0n) is 26.3. The van der Waals surface area contributed by atoms with Crippen molar-refractivity contribution >= 4 is 33.7 Å². The third-order valence-electron chi connectivity index (χ3n) is 10.3. The van der Waals surface area contributed by atoms with Gasteiger partial charge in [0.25, 0.3) is 5.91 Å². The molecular formula is C36H44N6O3. The molecule has 45 heavy (non-hydrogen) atoms. The van der Waals surface area contributed by atoms with Gasteiger partial charge in [-0.1, -0.05) is 36.8 Å². The number of fused-ring (bicyclic) bond motifs is 2. The predicted molar refractivity (Wildman–Crippen MR) is 175 cm³/mol. The van der Waals surface area contributed by atoms with Crippen molar-refractivity contribution in [3.8, 4) is 0 Å². The van der Waals surface area contributed by atoms with E-state index in [1.165, 1.54) is 37.7 Å². The summed E-state index contributed by atoms with van der Waals surface area (Å²) in [5.74, 6) is 0.211. The fourth-order valence-corrected chi connectivity index (χ4v) is 7.64. The van der Waals surface area contributed by atoms with Crippen molar-refractivity contribution in [1.29, 1.82) is 0 Å². The second-order valence-corrected chi connectivity index (χ2v) is 13.2. The van der Waals surface area contributed by atoms with Crippen LogP contribution in [0.15, 0.2) is 54.9 Å². The lowest BCUT2D eigenvalue weighted by Gasteiger charge is -2.41. The molecule has 7 rings (SSSR count). The number of rotatable bonds is 6. The van der Waals surface area contributed by atoms with Crippen LogP contribution in [0.2, 0.25) is 0 Å². The van der Waals surface area contributed by atoms with E-state index < -0.39 is 12.2 Å². The Morgan fingerprint density at radius 3 is 2.38 bits per heavy atom. The quantitative estimate of drug-likeness (QED) is 0.296. The zero-order valence-corrected chi connectivity index (χ0v) is 26.3. The molecule has 3 fully saturated rings. The van der Waals surface area contributed by atoms with E-state index in [2.05, 4.69) is 39.4 Å². The molecule has 0 bridgehead atoms. The third kappa shape index (κ3) is 6.54. The van der Waals surface area contributed by atoms with Crippen LogP contribution in [0.25, 0.3) is 21.7 Å². The number of hydrogen-bond donors (Lipinski definition) is 1. The zero-order chi connectivity index (χ0) is 30.8. The number of hydrogen-bond acceptors (Lipinski definition) is 6. The summed E-state index contributed by atoms with van der Waals surface area (Å²) in [6.45, 7) is 6.95. The molecule has 0 unspecified atom stereocenters. The van der Waals surface area contributed by atoms with E-state index in [1.807, 2.05) is 36.2 Å². The van der Waals surface area contributed by atoms with E-state index in [0.717, 1.165) is 58.8 Å². The first-order chi connectivity index (χ1) is 22.0. The molecule has 9 nitrogen and oxygen atoms in total. The van der Waals surface area contributed by atoms with Gasteiger partial charge in [-0.25, -0.2) is 4.79 Å².